The maximum Gasteiger partial charge on any atom is 0.281 e. The van der Waals surface area contributed by atoms with Crippen molar-refractivity contribution in [3.63, 3.8) is 0 Å². The van der Waals surface area contributed by atoms with Crippen molar-refractivity contribution in [3.8, 4) is 17.2 Å². The van der Waals surface area contributed by atoms with E-state index in [4.69, 9.17) is 26.4 Å². The minimum Gasteiger partial charge on any atom is -0.496 e. The van der Waals surface area contributed by atoms with Crippen LogP contribution in [0.25, 0.3) is 6.08 Å². The zero-order valence-corrected chi connectivity index (χ0v) is 21.7. The number of benzene rings is 3. The van der Waals surface area contributed by atoms with Crippen LogP contribution in [0.15, 0.2) is 72.4 Å². The minimum atomic E-state index is -0.219. The molecule has 0 bridgehead atoms. The number of methoxy groups -OCH3 is 1. The van der Waals surface area contributed by atoms with E-state index in [9.17, 15) is 4.79 Å². The Morgan fingerprint density at radius 2 is 1.64 bits per heavy atom. The van der Waals surface area contributed by atoms with Crippen molar-refractivity contribution < 1.29 is 19.0 Å². The van der Waals surface area contributed by atoms with Crippen LogP contribution in [0.3, 0.4) is 0 Å². The van der Waals surface area contributed by atoms with Gasteiger partial charge in [0, 0.05) is 5.56 Å². The Hall–Kier alpha value is -3.84. The first kappa shape index (κ1) is 25.3. The van der Waals surface area contributed by atoms with Crippen molar-refractivity contribution in [1.82, 2.24) is 5.32 Å². The molecule has 1 heterocycles. The Bertz CT molecular complexity index is 1270. The van der Waals surface area contributed by atoms with E-state index in [1.165, 1.54) is 10.5 Å². The van der Waals surface area contributed by atoms with E-state index in [1.807, 2.05) is 61.5 Å². The van der Waals surface area contributed by atoms with E-state index in [0.29, 0.717) is 41.4 Å². The van der Waals surface area contributed by atoms with Crippen LogP contribution < -0.4 is 24.4 Å². The molecule has 0 aliphatic carbocycles. The Labute approximate surface area is 217 Å². The molecule has 36 heavy (non-hydrogen) atoms. The molecule has 0 spiro atoms. The molecule has 0 radical (unpaired) electrons. The lowest BCUT2D eigenvalue weighted by molar-refractivity contribution is -0.113. The zero-order chi connectivity index (χ0) is 25.7. The predicted octanol–water partition coefficient (Wildman–Crippen LogP) is 6.06. The fraction of sp³-hybridized carbons (Fsp3) is 0.241. The lowest BCUT2D eigenvalue weighted by Gasteiger charge is -2.14. The second-order valence-electron chi connectivity index (χ2n) is 8.64. The summed E-state index contributed by atoms with van der Waals surface area (Å²) in [6, 6.07) is 21.1. The quantitative estimate of drug-likeness (QED) is 0.284. The normalized spacial score (nSPS) is 14.4. The Morgan fingerprint density at radius 1 is 0.972 bits per heavy atom. The summed E-state index contributed by atoms with van der Waals surface area (Å²) in [4.78, 5) is 14.6. The molecule has 1 saturated heterocycles. The average molecular weight is 503 g/mol. The highest BCUT2D eigenvalue weighted by Crippen LogP contribution is 2.27. The largest absolute Gasteiger partial charge is 0.496 e. The number of carbonyl (C=O) groups is 1. The maximum absolute atomic E-state index is 13.2. The number of nitrogens with zero attached hydrogens (tertiary/aromatic N) is 1. The molecule has 0 atom stereocenters. The number of anilines is 1. The number of hydrogen-bond donors (Lipinski definition) is 1. The van der Waals surface area contributed by atoms with Crippen LogP contribution >= 0.6 is 12.2 Å². The number of nitrogens with one attached hydrogen (secondary N) is 1. The molecule has 1 amide bonds. The molecule has 3 aromatic carbocycles. The van der Waals surface area contributed by atoms with Gasteiger partial charge in [-0.15, -0.1) is 0 Å². The van der Waals surface area contributed by atoms with Crippen molar-refractivity contribution in [2.75, 3.05) is 18.6 Å². The standard InChI is InChI=1S/C29H30N2O4S/c1-5-34-24-13-9-23(10-14-24)31-28(32)26(30-29(31)36)17-20-6-15-27(33-4)22(16-20)18-35-25-11-7-21(8-12-25)19(2)3/h6-17,19H,5,18H2,1-4H3,(H,30,36)/b26-17+. The number of ether oxygens (including phenoxy) is 3. The molecule has 1 fully saturated rings. The smallest absolute Gasteiger partial charge is 0.281 e. The minimum absolute atomic E-state index is 0.219. The van der Waals surface area contributed by atoms with Gasteiger partial charge in [0.25, 0.3) is 5.91 Å². The molecule has 186 valence electrons. The molecule has 4 rings (SSSR count). The molecule has 0 saturated carbocycles. The van der Waals surface area contributed by atoms with Crippen molar-refractivity contribution in [2.45, 2.75) is 33.3 Å². The molecule has 3 aromatic rings. The summed E-state index contributed by atoms with van der Waals surface area (Å²) in [5.74, 6) is 2.49. The third kappa shape index (κ3) is 5.69. The van der Waals surface area contributed by atoms with E-state index in [-0.39, 0.29) is 5.91 Å². The summed E-state index contributed by atoms with van der Waals surface area (Å²) < 4.78 is 17.0. The number of thiocarbonyl (C=S) groups is 1. The summed E-state index contributed by atoms with van der Waals surface area (Å²) in [7, 11) is 1.63. The van der Waals surface area contributed by atoms with Crippen LogP contribution in [0.4, 0.5) is 5.69 Å². The lowest BCUT2D eigenvalue weighted by atomic mass is 10.0. The SMILES string of the molecule is CCOc1ccc(N2C(=O)/C(=C\c3ccc(OC)c(COc4ccc(C(C)C)cc4)c3)NC2=S)cc1. The number of carbonyl (C=O) groups excluding carboxylic acids is 1. The third-order valence-corrected chi connectivity index (χ3v) is 6.13. The van der Waals surface area contributed by atoms with Gasteiger partial charge in [-0.25, -0.2) is 0 Å². The second kappa shape index (κ2) is 11.3. The van der Waals surface area contributed by atoms with Crippen molar-refractivity contribution in [2.24, 2.45) is 0 Å². The summed E-state index contributed by atoms with van der Waals surface area (Å²) in [6.07, 6.45) is 1.78. The van der Waals surface area contributed by atoms with Crippen LogP contribution in [0.1, 0.15) is 43.4 Å². The maximum atomic E-state index is 13.2. The number of rotatable bonds is 9. The summed E-state index contributed by atoms with van der Waals surface area (Å²) in [5.41, 5.74) is 4.04. The molecular formula is C29H30N2O4S. The van der Waals surface area contributed by atoms with E-state index in [2.05, 4.69) is 31.3 Å². The van der Waals surface area contributed by atoms with E-state index in [1.54, 1.807) is 13.2 Å². The van der Waals surface area contributed by atoms with Crippen LogP contribution in [0, 0.1) is 0 Å². The predicted molar refractivity (Wildman–Crippen MR) is 147 cm³/mol. The fourth-order valence-electron chi connectivity index (χ4n) is 3.91. The summed E-state index contributed by atoms with van der Waals surface area (Å²) in [5, 5.41) is 3.37. The lowest BCUT2D eigenvalue weighted by Crippen LogP contribution is -2.30. The highest BCUT2D eigenvalue weighted by atomic mass is 32.1. The topological polar surface area (TPSA) is 60.0 Å². The number of hydrogen-bond acceptors (Lipinski definition) is 5. The Balaban J connectivity index is 1.51. The average Bonchev–Trinajstić information content (AvgIpc) is 3.16. The van der Waals surface area contributed by atoms with Crippen LogP contribution in [0.5, 0.6) is 17.2 Å². The molecule has 7 heteroatoms. The number of amides is 1. The highest BCUT2D eigenvalue weighted by Gasteiger charge is 2.32. The van der Waals surface area contributed by atoms with Crippen LogP contribution in [-0.4, -0.2) is 24.7 Å². The van der Waals surface area contributed by atoms with E-state index in [0.717, 1.165) is 22.6 Å². The molecular weight excluding hydrogens is 472 g/mol. The molecule has 0 unspecified atom stereocenters. The van der Waals surface area contributed by atoms with Crippen molar-refractivity contribution in [3.05, 3.63) is 89.1 Å². The fourth-order valence-corrected chi connectivity index (χ4v) is 4.20. The molecule has 1 aliphatic heterocycles. The molecule has 6 nitrogen and oxygen atoms in total. The first-order valence-electron chi connectivity index (χ1n) is 11.9. The van der Waals surface area contributed by atoms with E-state index >= 15 is 0 Å². The zero-order valence-electron chi connectivity index (χ0n) is 20.9. The molecule has 1 N–H and O–H groups in total. The van der Waals surface area contributed by atoms with Crippen LogP contribution in [-0.2, 0) is 11.4 Å². The van der Waals surface area contributed by atoms with E-state index < -0.39 is 0 Å². The van der Waals surface area contributed by atoms with Gasteiger partial charge in [-0.1, -0.05) is 32.0 Å². The highest BCUT2D eigenvalue weighted by molar-refractivity contribution is 7.80. The summed E-state index contributed by atoms with van der Waals surface area (Å²) >= 11 is 5.44. The summed E-state index contributed by atoms with van der Waals surface area (Å²) in [6.45, 7) is 7.16. The molecule has 1 aliphatic rings. The van der Waals surface area contributed by atoms with Gasteiger partial charge in [0.2, 0.25) is 0 Å². The van der Waals surface area contributed by atoms with Gasteiger partial charge in [0.1, 0.15) is 29.6 Å². The Morgan fingerprint density at radius 3 is 2.28 bits per heavy atom. The van der Waals surface area contributed by atoms with Crippen molar-refractivity contribution in [1.29, 1.82) is 0 Å². The van der Waals surface area contributed by atoms with Gasteiger partial charge in [-0.05, 0) is 90.8 Å². The first-order chi connectivity index (χ1) is 17.4. The Kier molecular flexibility index (Phi) is 7.90. The van der Waals surface area contributed by atoms with Gasteiger partial charge in [0.05, 0.1) is 19.4 Å². The van der Waals surface area contributed by atoms with Gasteiger partial charge < -0.3 is 19.5 Å². The third-order valence-electron chi connectivity index (χ3n) is 5.84. The monoisotopic (exact) mass is 502 g/mol. The van der Waals surface area contributed by atoms with Crippen LogP contribution in [0.2, 0.25) is 0 Å². The van der Waals surface area contributed by atoms with Gasteiger partial charge in [0.15, 0.2) is 5.11 Å². The molecule has 0 aromatic heterocycles. The van der Waals surface area contributed by atoms with Gasteiger partial charge in [-0.2, -0.15) is 0 Å². The van der Waals surface area contributed by atoms with Crippen molar-refractivity contribution >= 4 is 35.0 Å². The first-order valence-corrected chi connectivity index (χ1v) is 12.3. The second-order valence-corrected chi connectivity index (χ2v) is 9.03. The van der Waals surface area contributed by atoms with Gasteiger partial charge >= 0.3 is 0 Å². The van der Waals surface area contributed by atoms with Gasteiger partial charge in [-0.3, -0.25) is 9.69 Å².